The number of carboxylic acid groups (broad SMARTS) is 1. The maximum Gasteiger partial charge on any atom is 0.416 e. The van der Waals surface area contributed by atoms with Gasteiger partial charge in [-0.2, -0.15) is 26.3 Å². The zero-order chi connectivity index (χ0) is 28.4. The van der Waals surface area contributed by atoms with Crippen LogP contribution in [0.4, 0.5) is 26.3 Å². The monoisotopic (exact) mass is 591 g/mol. The van der Waals surface area contributed by atoms with Crippen LogP contribution in [-0.4, -0.2) is 64.0 Å². The van der Waals surface area contributed by atoms with Crippen LogP contribution < -0.4 is 0 Å². The molecule has 1 aliphatic heterocycles. The van der Waals surface area contributed by atoms with E-state index in [0.717, 1.165) is 16.5 Å². The fourth-order valence-electron chi connectivity index (χ4n) is 4.98. The summed E-state index contributed by atoms with van der Waals surface area (Å²) in [4.78, 5) is 30.8. The Balaban J connectivity index is 0.00000441. The fraction of sp³-hybridized carbons (Fsp3) is 0.407. The summed E-state index contributed by atoms with van der Waals surface area (Å²) in [6.07, 6.45) is -6.93. The number of aromatic amines is 1. The van der Waals surface area contributed by atoms with Crippen molar-refractivity contribution in [2.75, 3.05) is 26.2 Å². The van der Waals surface area contributed by atoms with Crippen LogP contribution in [0.25, 0.3) is 10.9 Å². The lowest BCUT2D eigenvalue weighted by Crippen LogP contribution is -2.56. The molecule has 1 atom stereocenters. The molecule has 2 aromatic carbocycles. The number of alkyl halides is 6. The Bertz CT molecular complexity index is 1310. The standard InChI is InChI=1S/C27H27F6N3O3.ClH/c28-26(29,30)19-11-17(12-20(14-19)27(31,32)33)25(39)36-10-9-35(8-4-3-7-24(37)38)16-21(36)13-18-15-34-23-6-2-1-5-22(18)23;/h1-2,5-6,11-12,14-15,21,34H,3-4,7-10,13,16H2,(H,37,38);1H/t21-;/m1./s1. The Kier molecular flexibility index (Phi) is 9.78. The molecule has 2 heterocycles. The molecule has 4 rings (SSSR count). The van der Waals surface area contributed by atoms with Gasteiger partial charge in [0.2, 0.25) is 0 Å². The van der Waals surface area contributed by atoms with E-state index < -0.39 is 47.0 Å². The molecule has 0 aliphatic carbocycles. The minimum atomic E-state index is -5.06. The van der Waals surface area contributed by atoms with Gasteiger partial charge in [-0.1, -0.05) is 18.2 Å². The predicted octanol–water partition coefficient (Wildman–Crippen LogP) is 6.25. The van der Waals surface area contributed by atoms with Gasteiger partial charge in [-0.25, -0.2) is 0 Å². The maximum atomic E-state index is 13.5. The quantitative estimate of drug-likeness (QED) is 0.240. The minimum absolute atomic E-state index is 0. The number of unbranched alkanes of at least 4 members (excludes halogenated alkanes) is 1. The smallest absolute Gasteiger partial charge is 0.416 e. The number of H-pyrrole nitrogens is 1. The van der Waals surface area contributed by atoms with Crippen LogP contribution in [0.5, 0.6) is 0 Å². The lowest BCUT2D eigenvalue weighted by atomic mass is 9.98. The van der Waals surface area contributed by atoms with E-state index in [4.69, 9.17) is 5.11 Å². The zero-order valence-corrected chi connectivity index (χ0v) is 22.0. The first-order valence-electron chi connectivity index (χ1n) is 12.4. The van der Waals surface area contributed by atoms with Gasteiger partial charge in [-0.3, -0.25) is 14.5 Å². The minimum Gasteiger partial charge on any atom is -0.481 e. The summed E-state index contributed by atoms with van der Waals surface area (Å²) in [7, 11) is 0. The highest BCUT2D eigenvalue weighted by Crippen LogP contribution is 2.37. The van der Waals surface area contributed by atoms with Gasteiger partial charge in [-0.05, 0) is 55.6 Å². The molecule has 40 heavy (non-hydrogen) atoms. The van der Waals surface area contributed by atoms with E-state index in [1.807, 2.05) is 29.2 Å². The lowest BCUT2D eigenvalue weighted by Gasteiger charge is -2.42. The number of carboxylic acids is 1. The van der Waals surface area contributed by atoms with E-state index in [1.54, 1.807) is 6.20 Å². The van der Waals surface area contributed by atoms with E-state index in [-0.39, 0.29) is 31.4 Å². The summed E-state index contributed by atoms with van der Waals surface area (Å²) in [6.45, 7) is 1.35. The third-order valence-electron chi connectivity index (χ3n) is 6.91. The summed E-state index contributed by atoms with van der Waals surface area (Å²) in [6, 6.07) is 7.88. The summed E-state index contributed by atoms with van der Waals surface area (Å²) in [5.74, 6) is -1.80. The number of benzene rings is 2. The molecule has 0 radical (unpaired) electrons. The molecule has 13 heteroatoms. The van der Waals surface area contributed by atoms with Gasteiger partial charge >= 0.3 is 18.3 Å². The highest BCUT2D eigenvalue weighted by atomic mass is 35.5. The van der Waals surface area contributed by atoms with E-state index in [1.165, 1.54) is 4.90 Å². The topological polar surface area (TPSA) is 76.6 Å². The number of fused-ring (bicyclic) bond motifs is 1. The second-order valence-corrected chi connectivity index (χ2v) is 9.66. The first-order chi connectivity index (χ1) is 18.3. The van der Waals surface area contributed by atoms with E-state index >= 15 is 0 Å². The second-order valence-electron chi connectivity index (χ2n) is 9.66. The normalized spacial score (nSPS) is 16.6. The number of para-hydroxylation sites is 1. The first-order valence-corrected chi connectivity index (χ1v) is 12.4. The molecule has 1 saturated heterocycles. The van der Waals surface area contributed by atoms with Crippen molar-refractivity contribution in [1.29, 1.82) is 0 Å². The van der Waals surface area contributed by atoms with Crippen molar-refractivity contribution in [3.8, 4) is 0 Å². The maximum absolute atomic E-state index is 13.5. The molecule has 1 amide bonds. The molecule has 1 fully saturated rings. The first kappa shape index (κ1) is 31.3. The van der Waals surface area contributed by atoms with Crippen molar-refractivity contribution in [2.45, 2.75) is 44.1 Å². The molecule has 6 nitrogen and oxygen atoms in total. The van der Waals surface area contributed by atoms with Gasteiger partial charge in [-0.15, -0.1) is 12.4 Å². The largest absolute Gasteiger partial charge is 0.481 e. The number of hydrogen-bond acceptors (Lipinski definition) is 3. The Hall–Kier alpha value is -3.25. The predicted molar refractivity (Wildman–Crippen MR) is 138 cm³/mol. The van der Waals surface area contributed by atoms with Crippen LogP contribution >= 0.6 is 12.4 Å². The molecular weight excluding hydrogens is 564 g/mol. The molecule has 1 aromatic heterocycles. The van der Waals surface area contributed by atoms with Crippen LogP contribution in [0.1, 0.15) is 46.3 Å². The van der Waals surface area contributed by atoms with Crippen molar-refractivity contribution in [3.05, 3.63) is 70.9 Å². The Morgan fingerprint density at radius 1 is 0.950 bits per heavy atom. The number of amides is 1. The van der Waals surface area contributed by atoms with Gasteiger partial charge < -0.3 is 15.0 Å². The number of carbonyl (C=O) groups is 2. The number of halogens is 7. The van der Waals surface area contributed by atoms with Crippen LogP contribution in [-0.2, 0) is 23.6 Å². The summed E-state index contributed by atoms with van der Waals surface area (Å²) < 4.78 is 80.6. The van der Waals surface area contributed by atoms with Crippen LogP contribution in [0.15, 0.2) is 48.7 Å². The average molecular weight is 592 g/mol. The molecule has 0 bridgehead atoms. The van der Waals surface area contributed by atoms with Crippen LogP contribution in [0, 0.1) is 0 Å². The average Bonchev–Trinajstić information content (AvgIpc) is 3.28. The van der Waals surface area contributed by atoms with Crippen molar-refractivity contribution >= 4 is 35.2 Å². The molecular formula is C27H28ClF6N3O3. The van der Waals surface area contributed by atoms with Gasteiger partial charge in [0.25, 0.3) is 5.91 Å². The van der Waals surface area contributed by atoms with Crippen LogP contribution in [0.3, 0.4) is 0 Å². The van der Waals surface area contributed by atoms with E-state index in [2.05, 4.69) is 4.98 Å². The third kappa shape index (κ3) is 7.48. The Labute approximate surface area is 232 Å². The number of hydrogen-bond donors (Lipinski definition) is 2. The Morgan fingerprint density at radius 3 is 2.23 bits per heavy atom. The molecule has 218 valence electrons. The van der Waals surface area contributed by atoms with Gasteiger partial charge in [0.05, 0.1) is 11.1 Å². The van der Waals surface area contributed by atoms with Crippen molar-refractivity contribution in [2.24, 2.45) is 0 Å². The highest BCUT2D eigenvalue weighted by molar-refractivity contribution is 5.95. The van der Waals surface area contributed by atoms with Crippen molar-refractivity contribution in [1.82, 2.24) is 14.8 Å². The number of aliphatic carboxylic acids is 1. The molecule has 0 spiro atoms. The fourth-order valence-corrected chi connectivity index (χ4v) is 4.98. The van der Waals surface area contributed by atoms with Gasteiger partial charge in [0.1, 0.15) is 0 Å². The number of nitrogens with zero attached hydrogens (tertiary/aromatic N) is 2. The molecule has 2 N–H and O–H groups in total. The van der Waals surface area contributed by atoms with E-state index in [9.17, 15) is 35.9 Å². The summed E-state index contributed by atoms with van der Waals surface area (Å²) in [5.41, 5.74) is -2.02. The molecule has 0 saturated carbocycles. The number of rotatable bonds is 8. The number of carbonyl (C=O) groups excluding carboxylic acids is 1. The molecule has 0 unspecified atom stereocenters. The summed E-state index contributed by atoms with van der Waals surface area (Å²) >= 11 is 0. The van der Waals surface area contributed by atoms with Crippen LogP contribution in [0.2, 0.25) is 0 Å². The second kappa shape index (κ2) is 12.5. The number of piperazine rings is 1. The third-order valence-corrected chi connectivity index (χ3v) is 6.91. The SMILES string of the molecule is Cl.O=C(O)CCCCN1CCN(C(=O)c2cc(C(F)(F)F)cc(C(F)(F)F)c2)[C@H](Cc2c[nH]c3ccccc23)C1. The highest BCUT2D eigenvalue weighted by Gasteiger charge is 2.39. The Morgan fingerprint density at radius 2 is 1.60 bits per heavy atom. The van der Waals surface area contributed by atoms with E-state index in [0.29, 0.717) is 51.0 Å². The number of aromatic nitrogens is 1. The summed E-state index contributed by atoms with van der Waals surface area (Å²) in [5, 5.41) is 9.77. The molecule has 1 aliphatic rings. The van der Waals surface area contributed by atoms with Crippen molar-refractivity contribution < 1.29 is 41.0 Å². The van der Waals surface area contributed by atoms with Gasteiger partial charge in [0.15, 0.2) is 0 Å². The van der Waals surface area contributed by atoms with Crippen molar-refractivity contribution in [3.63, 3.8) is 0 Å². The molecule has 3 aromatic rings. The number of nitrogens with one attached hydrogen (secondary N) is 1. The van der Waals surface area contributed by atoms with Gasteiger partial charge in [0, 0.05) is 54.8 Å². The lowest BCUT2D eigenvalue weighted by molar-refractivity contribution is -0.143. The zero-order valence-electron chi connectivity index (χ0n) is 21.2.